The molecule has 2 atom stereocenters. The van der Waals surface area contributed by atoms with E-state index in [1.165, 1.54) is 7.11 Å². The molecule has 6 nitrogen and oxygen atoms in total. The van der Waals surface area contributed by atoms with Crippen LogP contribution in [-0.2, 0) is 28.6 Å². The summed E-state index contributed by atoms with van der Waals surface area (Å²) in [6.45, 7) is 1.71. The lowest BCUT2D eigenvalue weighted by molar-refractivity contribution is -0.166. The minimum Gasteiger partial charge on any atom is -0.469 e. The van der Waals surface area contributed by atoms with Gasteiger partial charge >= 0.3 is 17.9 Å². The molecule has 0 aromatic heterocycles. The molecule has 0 spiro atoms. The summed E-state index contributed by atoms with van der Waals surface area (Å²) in [4.78, 5) is 36.0. The zero-order valence-electron chi connectivity index (χ0n) is 12.2. The van der Waals surface area contributed by atoms with Gasteiger partial charge in [-0.15, -0.1) is 0 Å². The average Bonchev–Trinajstić information content (AvgIpc) is 2.52. The van der Waals surface area contributed by atoms with E-state index in [2.05, 4.69) is 4.74 Å². The van der Waals surface area contributed by atoms with Gasteiger partial charge in [0.15, 0.2) is 5.92 Å². The molecular formula is C15H18O6. The lowest BCUT2D eigenvalue weighted by atomic mass is 9.86. The number of hydrogen-bond donors (Lipinski definition) is 0. The van der Waals surface area contributed by atoms with Crippen LogP contribution in [0.25, 0.3) is 0 Å². The van der Waals surface area contributed by atoms with Gasteiger partial charge in [0, 0.05) is 0 Å². The van der Waals surface area contributed by atoms with Crippen molar-refractivity contribution in [3.8, 4) is 0 Å². The third kappa shape index (κ3) is 4.05. The molecule has 1 rings (SSSR count). The van der Waals surface area contributed by atoms with Crippen molar-refractivity contribution in [3.05, 3.63) is 35.9 Å². The number of rotatable bonds is 6. The smallest absolute Gasteiger partial charge is 0.321 e. The highest BCUT2D eigenvalue weighted by Crippen LogP contribution is 2.28. The van der Waals surface area contributed by atoms with E-state index in [1.54, 1.807) is 37.3 Å². The maximum absolute atomic E-state index is 12.0. The van der Waals surface area contributed by atoms with Gasteiger partial charge in [0.05, 0.1) is 20.8 Å². The van der Waals surface area contributed by atoms with E-state index in [0.29, 0.717) is 5.56 Å². The van der Waals surface area contributed by atoms with Gasteiger partial charge in [-0.3, -0.25) is 14.4 Å². The predicted molar refractivity (Wildman–Crippen MR) is 73.3 cm³/mol. The molecule has 0 aliphatic heterocycles. The highest BCUT2D eigenvalue weighted by molar-refractivity contribution is 6.01. The van der Waals surface area contributed by atoms with Crippen LogP contribution in [0.3, 0.4) is 0 Å². The summed E-state index contributed by atoms with van der Waals surface area (Å²) in [6, 6.07) is 8.43. The highest BCUT2D eigenvalue weighted by atomic mass is 16.6. The molecule has 0 aliphatic carbocycles. The van der Waals surface area contributed by atoms with Crippen molar-refractivity contribution in [1.29, 1.82) is 0 Å². The quantitative estimate of drug-likeness (QED) is 0.447. The monoisotopic (exact) mass is 294 g/mol. The van der Waals surface area contributed by atoms with Crippen LogP contribution in [0.2, 0.25) is 0 Å². The second-order valence-corrected chi connectivity index (χ2v) is 4.16. The first-order valence-corrected chi connectivity index (χ1v) is 6.44. The van der Waals surface area contributed by atoms with Crippen LogP contribution >= 0.6 is 0 Å². The maximum atomic E-state index is 12.0. The molecule has 6 heteroatoms. The molecule has 0 bridgehead atoms. The van der Waals surface area contributed by atoms with Crippen molar-refractivity contribution in [3.63, 3.8) is 0 Å². The molecule has 0 aliphatic rings. The molecule has 0 saturated carbocycles. The van der Waals surface area contributed by atoms with Gasteiger partial charge in [0.2, 0.25) is 0 Å². The number of methoxy groups -OCH3 is 2. The standard InChI is InChI=1S/C15H18O6/c1-4-21-15(18)12(14(17)20-3)11(13(16)19-2)10-8-6-5-7-9-10/h5-9,11-12H,4H2,1-3H3. The topological polar surface area (TPSA) is 78.9 Å². The van der Waals surface area contributed by atoms with E-state index in [9.17, 15) is 14.4 Å². The second kappa shape index (κ2) is 8.04. The fraction of sp³-hybridized carbons (Fsp3) is 0.400. The van der Waals surface area contributed by atoms with E-state index >= 15 is 0 Å². The van der Waals surface area contributed by atoms with Crippen molar-refractivity contribution < 1.29 is 28.6 Å². The second-order valence-electron chi connectivity index (χ2n) is 4.16. The third-order valence-electron chi connectivity index (χ3n) is 2.94. The van der Waals surface area contributed by atoms with Gasteiger partial charge in [-0.05, 0) is 12.5 Å². The summed E-state index contributed by atoms with van der Waals surface area (Å²) < 4.78 is 14.2. The minimum absolute atomic E-state index is 0.0923. The SMILES string of the molecule is CCOC(=O)C(C(=O)OC)C(C(=O)OC)c1ccccc1. The Morgan fingerprint density at radius 2 is 1.52 bits per heavy atom. The third-order valence-corrected chi connectivity index (χ3v) is 2.94. The summed E-state index contributed by atoms with van der Waals surface area (Å²) in [5.74, 6) is -4.87. The summed E-state index contributed by atoms with van der Waals surface area (Å²) in [6.07, 6.45) is 0. The molecule has 1 aromatic rings. The summed E-state index contributed by atoms with van der Waals surface area (Å²) in [5.41, 5.74) is 0.479. The maximum Gasteiger partial charge on any atom is 0.321 e. The predicted octanol–water partition coefficient (Wildman–Crippen LogP) is 1.30. The van der Waals surface area contributed by atoms with Crippen LogP contribution in [0.1, 0.15) is 18.4 Å². The first-order chi connectivity index (χ1) is 10.1. The van der Waals surface area contributed by atoms with Crippen molar-refractivity contribution in [2.75, 3.05) is 20.8 Å². The van der Waals surface area contributed by atoms with Crippen LogP contribution in [-0.4, -0.2) is 38.7 Å². The molecule has 0 N–H and O–H groups in total. The molecular weight excluding hydrogens is 276 g/mol. The van der Waals surface area contributed by atoms with E-state index in [-0.39, 0.29) is 6.61 Å². The van der Waals surface area contributed by atoms with Gasteiger partial charge < -0.3 is 14.2 Å². The largest absolute Gasteiger partial charge is 0.469 e. The Morgan fingerprint density at radius 3 is 2.00 bits per heavy atom. The average molecular weight is 294 g/mol. The molecule has 0 saturated heterocycles. The Hall–Kier alpha value is -2.37. The van der Waals surface area contributed by atoms with E-state index in [0.717, 1.165) is 7.11 Å². The minimum atomic E-state index is -1.40. The van der Waals surface area contributed by atoms with Crippen molar-refractivity contribution >= 4 is 17.9 Å². The normalized spacial score (nSPS) is 12.9. The van der Waals surface area contributed by atoms with Gasteiger partial charge in [-0.25, -0.2) is 0 Å². The van der Waals surface area contributed by atoms with Crippen LogP contribution < -0.4 is 0 Å². The first kappa shape index (κ1) is 16.7. The van der Waals surface area contributed by atoms with Gasteiger partial charge in [0.25, 0.3) is 0 Å². The number of carbonyl (C=O) groups excluding carboxylic acids is 3. The summed E-state index contributed by atoms with van der Waals surface area (Å²) in [5, 5.41) is 0. The fourth-order valence-corrected chi connectivity index (χ4v) is 1.98. The number of benzene rings is 1. The van der Waals surface area contributed by atoms with Gasteiger partial charge in [-0.1, -0.05) is 30.3 Å². The van der Waals surface area contributed by atoms with E-state index in [4.69, 9.17) is 9.47 Å². The Morgan fingerprint density at radius 1 is 0.952 bits per heavy atom. The first-order valence-electron chi connectivity index (χ1n) is 6.44. The van der Waals surface area contributed by atoms with Gasteiger partial charge in [0.1, 0.15) is 5.92 Å². The zero-order valence-corrected chi connectivity index (χ0v) is 12.2. The van der Waals surface area contributed by atoms with E-state index in [1.807, 2.05) is 0 Å². The van der Waals surface area contributed by atoms with Crippen molar-refractivity contribution in [2.24, 2.45) is 5.92 Å². The zero-order chi connectivity index (χ0) is 15.8. The molecule has 0 fully saturated rings. The summed E-state index contributed by atoms with van der Waals surface area (Å²) >= 11 is 0. The number of ether oxygens (including phenoxy) is 3. The lowest BCUT2D eigenvalue weighted by Gasteiger charge is -2.22. The molecule has 0 heterocycles. The van der Waals surface area contributed by atoms with Gasteiger partial charge in [-0.2, -0.15) is 0 Å². The van der Waals surface area contributed by atoms with Crippen LogP contribution in [0.15, 0.2) is 30.3 Å². The van der Waals surface area contributed by atoms with Crippen LogP contribution in [0.4, 0.5) is 0 Å². The molecule has 1 aromatic carbocycles. The molecule has 2 unspecified atom stereocenters. The number of hydrogen-bond acceptors (Lipinski definition) is 6. The number of carbonyl (C=O) groups is 3. The Bertz CT molecular complexity index is 496. The fourth-order valence-electron chi connectivity index (χ4n) is 1.98. The lowest BCUT2D eigenvalue weighted by Crippen LogP contribution is -2.37. The molecule has 114 valence electrons. The Balaban J connectivity index is 3.27. The van der Waals surface area contributed by atoms with E-state index < -0.39 is 29.7 Å². The highest BCUT2D eigenvalue weighted by Gasteiger charge is 2.43. The number of esters is 3. The van der Waals surface area contributed by atoms with Crippen LogP contribution in [0.5, 0.6) is 0 Å². The molecule has 0 radical (unpaired) electrons. The van der Waals surface area contributed by atoms with Crippen molar-refractivity contribution in [1.82, 2.24) is 0 Å². The van der Waals surface area contributed by atoms with Crippen molar-refractivity contribution in [2.45, 2.75) is 12.8 Å². The summed E-state index contributed by atoms with van der Waals surface area (Å²) in [7, 11) is 2.34. The Kier molecular flexibility index (Phi) is 6.39. The molecule has 21 heavy (non-hydrogen) atoms. The molecule has 0 amide bonds. The Labute approximate surface area is 123 Å². The van der Waals surface area contributed by atoms with Crippen LogP contribution in [0, 0.1) is 5.92 Å².